The van der Waals surface area contributed by atoms with E-state index in [0.29, 0.717) is 10.7 Å². The summed E-state index contributed by atoms with van der Waals surface area (Å²) in [6, 6.07) is 11.3. The van der Waals surface area contributed by atoms with E-state index >= 15 is 0 Å². The van der Waals surface area contributed by atoms with E-state index < -0.39 is 17.7 Å². The van der Waals surface area contributed by atoms with Gasteiger partial charge in [0.1, 0.15) is 12.4 Å². The van der Waals surface area contributed by atoms with Gasteiger partial charge in [0, 0.05) is 16.3 Å². The van der Waals surface area contributed by atoms with E-state index in [4.69, 9.17) is 22.1 Å². The average molecular weight is 308 g/mol. The van der Waals surface area contributed by atoms with Crippen LogP contribution in [0, 0.1) is 5.82 Å². The monoisotopic (exact) mass is 307 g/mol. The lowest BCUT2D eigenvalue weighted by molar-refractivity contribution is -0.146. The molecule has 0 heterocycles. The summed E-state index contributed by atoms with van der Waals surface area (Å²) >= 11 is 5.67. The van der Waals surface area contributed by atoms with Gasteiger partial charge >= 0.3 is 5.97 Å². The Morgan fingerprint density at radius 1 is 1.33 bits per heavy atom. The van der Waals surface area contributed by atoms with Crippen LogP contribution in [0.2, 0.25) is 5.02 Å². The minimum atomic E-state index is -0.494. The second kappa shape index (κ2) is 6.59. The van der Waals surface area contributed by atoms with Gasteiger partial charge in [0.05, 0.1) is 5.92 Å². The molecule has 0 amide bonds. The topological polar surface area (TPSA) is 52.3 Å². The van der Waals surface area contributed by atoms with Crippen molar-refractivity contribution in [1.29, 1.82) is 0 Å². The zero-order valence-electron chi connectivity index (χ0n) is 11.5. The maximum Gasteiger partial charge on any atom is 0.313 e. The van der Waals surface area contributed by atoms with E-state index in [1.807, 2.05) is 0 Å². The highest BCUT2D eigenvalue weighted by Crippen LogP contribution is 2.21. The average Bonchev–Trinajstić information content (AvgIpc) is 2.45. The van der Waals surface area contributed by atoms with Gasteiger partial charge in [-0.15, -0.1) is 0 Å². The van der Waals surface area contributed by atoms with Crippen molar-refractivity contribution in [2.45, 2.75) is 19.4 Å². The number of hydrogen-bond donors (Lipinski definition) is 1. The fraction of sp³-hybridized carbons (Fsp3) is 0.188. The van der Waals surface area contributed by atoms with Crippen LogP contribution in [0.5, 0.6) is 0 Å². The van der Waals surface area contributed by atoms with Gasteiger partial charge in [-0.2, -0.15) is 0 Å². The fourth-order valence-corrected chi connectivity index (χ4v) is 2.04. The molecule has 2 N–H and O–H groups in total. The molecular weight excluding hydrogens is 293 g/mol. The molecule has 0 bridgehead atoms. The number of rotatable bonds is 4. The first-order valence-electron chi connectivity index (χ1n) is 6.43. The van der Waals surface area contributed by atoms with E-state index in [1.165, 1.54) is 12.1 Å². The molecule has 0 saturated carbocycles. The standard InChI is InChI=1S/C16H15ClFNO2/c1-10(11-3-2-4-14(19)7-11)16(20)21-9-12-5-6-13(17)8-15(12)18/h2-8,10H,9,19H2,1H3. The summed E-state index contributed by atoms with van der Waals surface area (Å²) in [4.78, 5) is 12.0. The third kappa shape index (κ3) is 3.95. The Kier molecular flexibility index (Phi) is 4.81. The van der Waals surface area contributed by atoms with Gasteiger partial charge in [-0.3, -0.25) is 4.79 Å². The second-order valence-electron chi connectivity index (χ2n) is 4.74. The Hall–Kier alpha value is -2.07. The molecule has 0 spiro atoms. The number of hydrogen-bond acceptors (Lipinski definition) is 3. The summed E-state index contributed by atoms with van der Waals surface area (Å²) in [5, 5.41) is 0.302. The molecule has 110 valence electrons. The maximum atomic E-state index is 13.6. The predicted molar refractivity (Wildman–Crippen MR) is 80.5 cm³/mol. The summed E-state index contributed by atoms with van der Waals surface area (Å²) in [7, 11) is 0. The SMILES string of the molecule is CC(C(=O)OCc1ccc(Cl)cc1F)c1cccc(N)c1. The first kappa shape index (κ1) is 15.3. The predicted octanol–water partition coefficient (Wildman–Crippen LogP) is 3.91. The van der Waals surface area contributed by atoms with E-state index in [9.17, 15) is 9.18 Å². The van der Waals surface area contributed by atoms with Crippen LogP contribution in [-0.2, 0) is 16.1 Å². The number of carbonyl (C=O) groups excluding carboxylic acids is 1. The molecule has 0 aromatic heterocycles. The largest absolute Gasteiger partial charge is 0.460 e. The number of nitrogen functional groups attached to an aromatic ring is 1. The summed E-state index contributed by atoms with van der Waals surface area (Å²) in [6.45, 7) is 1.59. The number of benzene rings is 2. The van der Waals surface area contributed by atoms with Crippen LogP contribution in [0.15, 0.2) is 42.5 Å². The van der Waals surface area contributed by atoms with Gasteiger partial charge < -0.3 is 10.5 Å². The fourth-order valence-electron chi connectivity index (χ4n) is 1.88. The normalized spacial score (nSPS) is 12.0. The van der Waals surface area contributed by atoms with Crippen molar-refractivity contribution < 1.29 is 13.9 Å². The highest BCUT2D eigenvalue weighted by atomic mass is 35.5. The molecule has 0 aliphatic heterocycles. The third-order valence-corrected chi connectivity index (χ3v) is 3.38. The minimum Gasteiger partial charge on any atom is -0.460 e. The summed E-state index contributed by atoms with van der Waals surface area (Å²) in [5.41, 5.74) is 7.31. The lowest BCUT2D eigenvalue weighted by Crippen LogP contribution is -2.13. The molecule has 0 radical (unpaired) electrons. The quantitative estimate of drug-likeness (QED) is 0.688. The molecule has 3 nitrogen and oxygen atoms in total. The van der Waals surface area contributed by atoms with Gasteiger partial charge in [-0.05, 0) is 36.8 Å². The van der Waals surface area contributed by atoms with E-state index in [0.717, 1.165) is 5.56 Å². The molecule has 1 unspecified atom stereocenters. The Balaban J connectivity index is 2.01. The van der Waals surface area contributed by atoms with Crippen LogP contribution in [-0.4, -0.2) is 5.97 Å². The molecule has 0 aliphatic rings. The number of halogens is 2. The second-order valence-corrected chi connectivity index (χ2v) is 5.17. The summed E-state index contributed by atoms with van der Waals surface area (Å²) < 4.78 is 18.7. The molecule has 1 atom stereocenters. The molecule has 2 rings (SSSR count). The first-order chi connectivity index (χ1) is 9.97. The Labute approximate surface area is 127 Å². The van der Waals surface area contributed by atoms with E-state index in [1.54, 1.807) is 37.3 Å². The van der Waals surface area contributed by atoms with Crippen molar-refractivity contribution >= 4 is 23.3 Å². The van der Waals surface area contributed by atoms with Crippen molar-refractivity contribution in [2.24, 2.45) is 0 Å². The number of anilines is 1. The van der Waals surface area contributed by atoms with Crippen LogP contribution in [0.1, 0.15) is 24.0 Å². The third-order valence-electron chi connectivity index (χ3n) is 3.15. The molecule has 0 saturated heterocycles. The van der Waals surface area contributed by atoms with Gasteiger partial charge in [0.25, 0.3) is 0 Å². The molecule has 21 heavy (non-hydrogen) atoms. The number of ether oxygens (including phenoxy) is 1. The zero-order valence-corrected chi connectivity index (χ0v) is 12.2. The molecule has 0 aliphatic carbocycles. The summed E-state index contributed by atoms with van der Waals surface area (Å²) in [5.74, 6) is -1.40. The first-order valence-corrected chi connectivity index (χ1v) is 6.81. The molecule has 2 aromatic rings. The van der Waals surface area contributed by atoms with E-state index in [-0.39, 0.29) is 12.2 Å². The Morgan fingerprint density at radius 2 is 2.10 bits per heavy atom. The Bertz CT molecular complexity index is 660. The van der Waals surface area contributed by atoms with E-state index in [2.05, 4.69) is 0 Å². The van der Waals surface area contributed by atoms with Crippen LogP contribution in [0.4, 0.5) is 10.1 Å². The van der Waals surface area contributed by atoms with Crippen LogP contribution in [0.3, 0.4) is 0 Å². The van der Waals surface area contributed by atoms with Gasteiger partial charge in [-0.25, -0.2) is 4.39 Å². The smallest absolute Gasteiger partial charge is 0.313 e. The van der Waals surface area contributed by atoms with Crippen molar-refractivity contribution in [1.82, 2.24) is 0 Å². The van der Waals surface area contributed by atoms with Crippen molar-refractivity contribution in [3.05, 3.63) is 64.4 Å². The van der Waals surface area contributed by atoms with Crippen LogP contribution >= 0.6 is 11.6 Å². The van der Waals surface area contributed by atoms with Crippen molar-refractivity contribution in [2.75, 3.05) is 5.73 Å². The molecular formula is C16H15ClFNO2. The van der Waals surface area contributed by atoms with Gasteiger partial charge in [0.15, 0.2) is 0 Å². The minimum absolute atomic E-state index is 0.130. The van der Waals surface area contributed by atoms with Crippen LogP contribution in [0.25, 0.3) is 0 Å². The Morgan fingerprint density at radius 3 is 2.76 bits per heavy atom. The highest BCUT2D eigenvalue weighted by Gasteiger charge is 2.17. The number of carbonyl (C=O) groups is 1. The molecule has 2 aromatic carbocycles. The number of nitrogens with two attached hydrogens (primary N) is 1. The number of esters is 1. The van der Waals surface area contributed by atoms with Crippen molar-refractivity contribution in [3.63, 3.8) is 0 Å². The highest BCUT2D eigenvalue weighted by molar-refractivity contribution is 6.30. The lowest BCUT2D eigenvalue weighted by atomic mass is 10.0. The summed E-state index contributed by atoms with van der Waals surface area (Å²) in [6.07, 6.45) is 0. The maximum absolute atomic E-state index is 13.6. The van der Waals surface area contributed by atoms with Gasteiger partial charge in [0.2, 0.25) is 0 Å². The van der Waals surface area contributed by atoms with Crippen LogP contribution < -0.4 is 5.73 Å². The lowest BCUT2D eigenvalue weighted by Gasteiger charge is -2.12. The van der Waals surface area contributed by atoms with Crippen molar-refractivity contribution in [3.8, 4) is 0 Å². The van der Waals surface area contributed by atoms with Gasteiger partial charge in [-0.1, -0.05) is 29.8 Å². The molecule has 0 fully saturated rings. The molecule has 5 heteroatoms. The zero-order chi connectivity index (χ0) is 15.4.